The standard InChI is InChI=1S/C13H19N5O/c1-9(2)14-8-12(19)15-10(3)13-17-16-11-6-4-5-7-18(11)13/h4-7,9-10,14H,8H2,1-3H3,(H,15,19). The van der Waals surface area contributed by atoms with Crippen molar-refractivity contribution in [3.8, 4) is 0 Å². The Morgan fingerprint density at radius 1 is 1.32 bits per heavy atom. The molecule has 6 heteroatoms. The molecule has 2 heterocycles. The van der Waals surface area contributed by atoms with E-state index in [2.05, 4.69) is 20.8 Å². The first kappa shape index (κ1) is 13.5. The fraction of sp³-hybridized carbons (Fsp3) is 0.462. The van der Waals surface area contributed by atoms with E-state index in [1.165, 1.54) is 0 Å². The molecule has 0 aliphatic rings. The first-order chi connectivity index (χ1) is 9.08. The van der Waals surface area contributed by atoms with Crippen LogP contribution in [-0.4, -0.2) is 33.1 Å². The second-order valence-corrected chi connectivity index (χ2v) is 4.81. The highest BCUT2D eigenvalue weighted by Gasteiger charge is 2.15. The Morgan fingerprint density at radius 3 is 2.84 bits per heavy atom. The molecule has 102 valence electrons. The predicted molar refractivity (Wildman–Crippen MR) is 72.7 cm³/mol. The van der Waals surface area contributed by atoms with Gasteiger partial charge in [-0.25, -0.2) is 0 Å². The lowest BCUT2D eigenvalue weighted by Gasteiger charge is -2.13. The van der Waals surface area contributed by atoms with Crippen molar-refractivity contribution in [3.63, 3.8) is 0 Å². The molecule has 6 nitrogen and oxygen atoms in total. The molecular weight excluding hydrogens is 242 g/mol. The SMILES string of the molecule is CC(C)NCC(=O)NC(C)c1nnc2ccccn12. The van der Waals surface area contributed by atoms with Crippen molar-refractivity contribution in [2.24, 2.45) is 0 Å². The van der Waals surface area contributed by atoms with Gasteiger partial charge in [0.1, 0.15) is 0 Å². The van der Waals surface area contributed by atoms with Crippen molar-refractivity contribution < 1.29 is 4.79 Å². The molecular formula is C13H19N5O. The molecule has 1 amide bonds. The second kappa shape index (κ2) is 5.79. The maximum Gasteiger partial charge on any atom is 0.234 e. The number of carbonyl (C=O) groups excluding carboxylic acids is 1. The summed E-state index contributed by atoms with van der Waals surface area (Å²) >= 11 is 0. The molecule has 2 N–H and O–H groups in total. The Balaban J connectivity index is 2.03. The summed E-state index contributed by atoms with van der Waals surface area (Å²) in [6.45, 7) is 6.21. The van der Waals surface area contributed by atoms with Crippen LogP contribution >= 0.6 is 0 Å². The maximum atomic E-state index is 11.8. The van der Waals surface area contributed by atoms with Crippen LogP contribution in [0.25, 0.3) is 5.65 Å². The summed E-state index contributed by atoms with van der Waals surface area (Å²) in [5.41, 5.74) is 0.777. The van der Waals surface area contributed by atoms with E-state index in [4.69, 9.17) is 0 Å². The average Bonchev–Trinajstić information content (AvgIpc) is 2.80. The van der Waals surface area contributed by atoms with Gasteiger partial charge in [-0.1, -0.05) is 19.9 Å². The molecule has 0 aliphatic heterocycles. The smallest absolute Gasteiger partial charge is 0.234 e. The number of pyridine rings is 1. The van der Waals surface area contributed by atoms with E-state index in [0.29, 0.717) is 6.54 Å². The Morgan fingerprint density at radius 2 is 2.11 bits per heavy atom. The van der Waals surface area contributed by atoms with Crippen LogP contribution in [0.4, 0.5) is 0 Å². The summed E-state index contributed by atoms with van der Waals surface area (Å²) in [6.07, 6.45) is 1.89. The highest BCUT2D eigenvalue weighted by Crippen LogP contribution is 2.11. The first-order valence-electron chi connectivity index (χ1n) is 6.40. The molecule has 0 saturated heterocycles. The number of hydrogen-bond acceptors (Lipinski definition) is 4. The quantitative estimate of drug-likeness (QED) is 0.839. The van der Waals surface area contributed by atoms with Gasteiger partial charge in [-0.2, -0.15) is 0 Å². The monoisotopic (exact) mass is 261 g/mol. The molecule has 2 rings (SSSR count). The molecule has 0 bridgehead atoms. The van der Waals surface area contributed by atoms with Crippen LogP contribution in [0.5, 0.6) is 0 Å². The zero-order valence-corrected chi connectivity index (χ0v) is 11.4. The number of rotatable bonds is 5. The maximum absolute atomic E-state index is 11.8. The lowest BCUT2D eigenvalue weighted by molar-refractivity contribution is -0.121. The minimum Gasteiger partial charge on any atom is -0.345 e. The number of fused-ring (bicyclic) bond motifs is 1. The molecule has 1 unspecified atom stereocenters. The van der Waals surface area contributed by atoms with E-state index in [9.17, 15) is 4.79 Å². The Kier molecular flexibility index (Phi) is 4.11. The molecule has 19 heavy (non-hydrogen) atoms. The molecule has 0 fully saturated rings. The van der Waals surface area contributed by atoms with Crippen LogP contribution in [-0.2, 0) is 4.79 Å². The third-order valence-corrected chi connectivity index (χ3v) is 2.78. The number of carbonyl (C=O) groups is 1. The zero-order valence-electron chi connectivity index (χ0n) is 11.4. The lowest BCUT2D eigenvalue weighted by Crippen LogP contribution is -2.38. The van der Waals surface area contributed by atoms with E-state index >= 15 is 0 Å². The van der Waals surface area contributed by atoms with Gasteiger partial charge < -0.3 is 10.6 Å². The average molecular weight is 261 g/mol. The van der Waals surface area contributed by atoms with Gasteiger partial charge in [-0.15, -0.1) is 10.2 Å². The van der Waals surface area contributed by atoms with Crippen LogP contribution in [0.3, 0.4) is 0 Å². The molecule has 0 spiro atoms. The van der Waals surface area contributed by atoms with E-state index in [-0.39, 0.29) is 18.0 Å². The van der Waals surface area contributed by atoms with Crippen molar-refractivity contribution in [1.82, 2.24) is 25.2 Å². The van der Waals surface area contributed by atoms with Gasteiger partial charge in [0.2, 0.25) is 5.91 Å². The van der Waals surface area contributed by atoms with Gasteiger partial charge in [0, 0.05) is 12.2 Å². The zero-order chi connectivity index (χ0) is 13.8. The van der Waals surface area contributed by atoms with E-state index < -0.39 is 0 Å². The summed E-state index contributed by atoms with van der Waals surface area (Å²) in [4.78, 5) is 11.8. The summed E-state index contributed by atoms with van der Waals surface area (Å²) in [7, 11) is 0. The van der Waals surface area contributed by atoms with Gasteiger partial charge in [-0.3, -0.25) is 9.20 Å². The van der Waals surface area contributed by atoms with Crippen LogP contribution in [0, 0.1) is 0 Å². The van der Waals surface area contributed by atoms with Crippen molar-refractivity contribution in [1.29, 1.82) is 0 Å². The van der Waals surface area contributed by atoms with E-state index in [1.54, 1.807) is 0 Å². The number of amides is 1. The largest absolute Gasteiger partial charge is 0.345 e. The third kappa shape index (κ3) is 3.29. The first-order valence-corrected chi connectivity index (χ1v) is 6.40. The van der Waals surface area contributed by atoms with Crippen LogP contribution in [0.1, 0.15) is 32.6 Å². The van der Waals surface area contributed by atoms with Gasteiger partial charge in [0.05, 0.1) is 12.6 Å². The highest BCUT2D eigenvalue weighted by atomic mass is 16.2. The molecule has 0 saturated carbocycles. The van der Waals surface area contributed by atoms with Crippen LogP contribution in [0.2, 0.25) is 0 Å². The van der Waals surface area contributed by atoms with Crippen molar-refractivity contribution >= 4 is 11.6 Å². The molecule has 2 aromatic rings. The van der Waals surface area contributed by atoms with Crippen molar-refractivity contribution in [2.75, 3.05) is 6.54 Å². The second-order valence-electron chi connectivity index (χ2n) is 4.81. The number of hydrogen-bond donors (Lipinski definition) is 2. The molecule has 0 radical (unpaired) electrons. The molecule has 0 aromatic carbocycles. The number of aromatic nitrogens is 3. The Bertz CT molecular complexity index is 563. The van der Waals surface area contributed by atoms with Gasteiger partial charge in [-0.05, 0) is 19.1 Å². The molecule has 0 aliphatic carbocycles. The fourth-order valence-electron chi connectivity index (χ4n) is 1.81. The molecule has 1 atom stereocenters. The molecule has 2 aromatic heterocycles. The van der Waals surface area contributed by atoms with Crippen LogP contribution in [0.15, 0.2) is 24.4 Å². The highest BCUT2D eigenvalue weighted by molar-refractivity contribution is 5.78. The predicted octanol–water partition coefficient (Wildman–Crippen LogP) is 0.904. The van der Waals surface area contributed by atoms with Crippen LogP contribution < -0.4 is 10.6 Å². The summed E-state index contributed by atoms with van der Waals surface area (Å²) in [5, 5.41) is 14.2. The van der Waals surface area contributed by atoms with Gasteiger partial charge >= 0.3 is 0 Å². The number of nitrogens with one attached hydrogen (secondary N) is 2. The topological polar surface area (TPSA) is 71.3 Å². The summed E-state index contributed by atoms with van der Waals surface area (Å²) in [5.74, 6) is 0.683. The van der Waals surface area contributed by atoms with Gasteiger partial charge in [0.15, 0.2) is 11.5 Å². The number of nitrogens with zero attached hydrogens (tertiary/aromatic N) is 3. The lowest BCUT2D eigenvalue weighted by atomic mass is 10.3. The van der Waals surface area contributed by atoms with E-state index in [1.807, 2.05) is 49.6 Å². The van der Waals surface area contributed by atoms with Crippen molar-refractivity contribution in [2.45, 2.75) is 32.9 Å². The summed E-state index contributed by atoms with van der Waals surface area (Å²) < 4.78 is 1.88. The Hall–Kier alpha value is -1.95. The Labute approximate surface area is 112 Å². The minimum absolute atomic E-state index is 0.0473. The van der Waals surface area contributed by atoms with E-state index in [0.717, 1.165) is 11.5 Å². The third-order valence-electron chi connectivity index (χ3n) is 2.78. The van der Waals surface area contributed by atoms with Gasteiger partial charge in [0.25, 0.3) is 0 Å². The normalized spacial score (nSPS) is 12.8. The summed E-state index contributed by atoms with van der Waals surface area (Å²) in [6, 6.07) is 5.80. The fourth-order valence-corrected chi connectivity index (χ4v) is 1.81. The minimum atomic E-state index is -0.182. The van der Waals surface area contributed by atoms with Crippen molar-refractivity contribution in [3.05, 3.63) is 30.2 Å².